The molecule has 0 bridgehead atoms. The highest BCUT2D eigenvalue weighted by Crippen LogP contribution is 2.31. The van der Waals surface area contributed by atoms with Gasteiger partial charge in [0.2, 0.25) is 0 Å². The lowest BCUT2D eigenvalue weighted by molar-refractivity contribution is 0.101. The zero-order valence-electron chi connectivity index (χ0n) is 9.62. The van der Waals surface area contributed by atoms with Gasteiger partial charge in [-0.1, -0.05) is 20.8 Å². The van der Waals surface area contributed by atoms with Gasteiger partial charge in [-0.25, -0.2) is 13.2 Å². The normalized spacial score (nSPS) is 11.7. The molecule has 4 heteroatoms. The molecule has 0 atom stereocenters. The highest BCUT2D eigenvalue weighted by atomic mass is 19.2. The highest BCUT2D eigenvalue weighted by molar-refractivity contribution is 5.94. The first-order chi connectivity index (χ1) is 7.16. The van der Waals surface area contributed by atoms with Crippen LogP contribution in [0.25, 0.3) is 0 Å². The summed E-state index contributed by atoms with van der Waals surface area (Å²) in [5.41, 5.74) is -1.71. The minimum Gasteiger partial charge on any atom is -0.294 e. The fraction of sp³-hybridized carbons (Fsp3) is 0.417. The predicted octanol–water partition coefficient (Wildman–Crippen LogP) is 3.60. The quantitative estimate of drug-likeness (QED) is 0.532. The Balaban J connectivity index is 3.66. The molecule has 16 heavy (non-hydrogen) atoms. The van der Waals surface area contributed by atoms with Gasteiger partial charge in [0, 0.05) is 5.56 Å². The van der Waals surface area contributed by atoms with E-state index in [0.29, 0.717) is 6.07 Å². The van der Waals surface area contributed by atoms with Crippen LogP contribution in [0.4, 0.5) is 13.2 Å². The van der Waals surface area contributed by atoms with E-state index in [9.17, 15) is 18.0 Å². The monoisotopic (exact) mass is 230 g/mol. The molecule has 0 aliphatic carbocycles. The Hall–Kier alpha value is -1.32. The summed E-state index contributed by atoms with van der Waals surface area (Å²) in [5.74, 6) is -4.02. The number of hydrogen-bond donors (Lipinski definition) is 0. The van der Waals surface area contributed by atoms with Crippen molar-refractivity contribution in [3.63, 3.8) is 0 Å². The molecule has 0 N–H and O–H groups in total. The van der Waals surface area contributed by atoms with E-state index in [1.165, 1.54) is 0 Å². The molecule has 0 spiro atoms. The van der Waals surface area contributed by atoms with Gasteiger partial charge < -0.3 is 0 Å². The van der Waals surface area contributed by atoms with E-state index < -0.39 is 39.8 Å². The lowest BCUT2D eigenvalue weighted by Gasteiger charge is -2.21. The van der Waals surface area contributed by atoms with Gasteiger partial charge in [0.15, 0.2) is 17.4 Å². The fourth-order valence-electron chi connectivity index (χ4n) is 1.52. The molecule has 0 saturated heterocycles. The Bertz CT molecular complexity index is 445. The Kier molecular flexibility index (Phi) is 3.13. The topological polar surface area (TPSA) is 17.1 Å². The molecular weight excluding hydrogens is 217 g/mol. The summed E-state index contributed by atoms with van der Waals surface area (Å²) in [4.78, 5) is 11.1. The Morgan fingerprint density at radius 3 is 2.00 bits per heavy atom. The molecule has 0 unspecified atom stereocenters. The molecule has 1 nitrogen and oxygen atoms in total. The van der Waals surface area contributed by atoms with Gasteiger partial charge in [0.25, 0.3) is 0 Å². The summed E-state index contributed by atoms with van der Waals surface area (Å²) in [6.07, 6.45) is 0. The van der Waals surface area contributed by atoms with Crippen LogP contribution in [0.2, 0.25) is 0 Å². The number of benzene rings is 1. The summed E-state index contributed by atoms with van der Waals surface area (Å²) in [5, 5.41) is 0. The highest BCUT2D eigenvalue weighted by Gasteiger charge is 2.28. The molecule has 0 aliphatic rings. The largest absolute Gasteiger partial charge is 0.294 e. The molecule has 88 valence electrons. The molecule has 0 amide bonds. The maximum absolute atomic E-state index is 13.8. The Labute approximate surface area is 92.3 Å². The van der Waals surface area contributed by atoms with Gasteiger partial charge in [-0.05, 0) is 18.4 Å². The van der Waals surface area contributed by atoms with Crippen molar-refractivity contribution >= 4 is 5.78 Å². The lowest BCUT2D eigenvalue weighted by atomic mass is 9.84. The van der Waals surface area contributed by atoms with E-state index in [4.69, 9.17) is 0 Å². The summed E-state index contributed by atoms with van der Waals surface area (Å²) < 4.78 is 40.5. The SMILES string of the molecule is CC(=O)c1cc(F)c(F)c(C(C)(C)C)c1F. The van der Waals surface area contributed by atoms with Crippen LogP contribution >= 0.6 is 0 Å². The van der Waals surface area contributed by atoms with E-state index in [2.05, 4.69) is 0 Å². The molecule has 0 radical (unpaired) electrons. The predicted molar refractivity (Wildman–Crippen MR) is 55.0 cm³/mol. The standard InChI is InChI=1S/C12H13F3O/c1-6(16)7-5-8(13)11(15)9(10(7)14)12(2,3)4/h5H,1-4H3. The minimum absolute atomic E-state index is 0.391. The maximum atomic E-state index is 13.8. The first-order valence-electron chi connectivity index (χ1n) is 4.85. The number of halogens is 3. The molecule has 1 aromatic rings. The molecule has 1 aromatic carbocycles. The Morgan fingerprint density at radius 2 is 1.62 bits per heavy atom. The average Bonchev–Trinajstić information content (AvgIpc) is 2.08. The third-order valence-corrected chi connectivity index (χ3v) is 2.29. The van der Waals surface area contributed by atoms with Crippen LogP contribution < -0.4 is 0 Å². The third kappa shape index (κ3) is 2.10. The average molecular weight is 230 g/mol. The molecule has 0 fully saturated rings. The Morgan fingerprint density at radius 1 is 1.12 bits per heavy atom. The molecule has 0 aromatic heterocycles. The molecule has 0 saturated carbocycles. The van der Waals surface area contributed by atoms with Crippen molar-refractivity contribution in [1.82, 2.24) is 0 Å². The van der Waals surface area contributed by atoms with Crippen molar-refractivity contribution in [3.8, 4) is 0 Å². The number of hydrogen-bond acceptors (Lipinski definition) is 1. The van der Waals surface area contributed by atoms with E-state index in [-0.39, 0.29) is 0 Å². The summed E-state index contributed by atoms with van der Waals surface area (Å²) in [6, 6.07) is 0.599. The number of rotatable bonds is 1. The van der Waals surface area contributed by atoms with Crippen molar-refractivity contribution in [2.24, 2.45) is 0 Å². The van der Waals surface area contributed by atoms with Gasteiger partial charge in [-0.2, -0.15) is 0 Å². The first-order valence-corrected chi connectivity index (χ1v) is 4.85. The van der Waals surface area contributed by atoms with Crippen LogP contribution in [0.15, 0.2) is 6.07 Å². The second kappa shape index (κ2) is 3.92. The molecule has 0 heterocycles. The third-order valence-electron chi connectivity index (χ3n) is 2.29. The molecule has 1 rings (SSSR count). The van der Waals surface area contributed by atoms with Crippen LogP contribution in [0.1, 0.15) is 43.6 Å². The van der Waals surface area contributed by atoms with Gasteiger partial charge in [0.05, 0.1) is 5.56 Å². The molecule has 0 aliphatic heterocycles. The second-order valence-electron chi connectivity index (χ2n) is 4.72. The van der Waals surface area contributed by atoms with Crippen LogP contribution in [0.3, 0.4) is 0 Å². The minimum atomic E-state index is -1.23. The van der Waals surface area contributed by atoms with Gasteiger partial charge >= 0.3 is 0 Å². The van der Waals surface area contributed by atoms with Gasteiger partial charge in [-0.3, -0.25) is 4.79 Å². The van der Waals surface area contributed by atoms with Crippen molar-refractivity contribution in [3.05, 3.63) is 34.6 Å². The van der Waals surface area contributed by atoms with E-state index in [0.717, 1.165) is 6.92 Å². The number of carbonyl (C=O) groups excluding carboxylic acids is 1. The summed E-state index contributed by atoms with van der Waals surface area (Å²) >= 11 is 0. The van der Waals surface area contributed by atoms with E-state index in [1.807, 2.05) is 0 Å². The smallest absolute Gasteiger partial charge is 0.165 e. The summed E-state index contributed by atoms with van der Waals surface area (Å²) in [7, 11) is 0. The van der Waals surface area contributed by atoms with Crippen LogP contribution in [0, 0.1) is 17.5 Å². The number of carbonyl (C=O) groups is 1. The van der Waals surface area contributed by atoms with Crippen molar-refractivity contribution in [2.45, 2.75) is 33.1 Å². The first kappa shape index (κ1) is 12.7. The summed E-state index contributed by atoms with van der Waals surface area (Å²) in [6.45, 7) is 5.77. The number of Topliss-reactive ketones (excluding diaryl/α,β-unsaturated/α-hetero) is 1. The molecular formula is C12H13F3O. The van der Waals surface area contributed by atoms with Crippen molar-refractivity contribution in [2.75, 3.05) is 0 Å². The second-order valence-corrected chi connectivity index (χ2v) is 4.72. The number of ketones is 1. The zero-order valence-corrected chi connectivity index (χ0v) is 9.62. The van der Waals surface area contributed by atoms with Gasteiger partial charge in [-0.15, -0.1) is 0 Å². The van der Waals surface area contributed by atoms with Crippen molar-refractivity contribution < 1.29 is 18.0 Å². The van der Waals surface area contributed by atoms with Gasteiger partial charge in [0.1, 0.15) is 5.82 Å². The van der Waals surface area contributed by atoms with Crippen molar-refractivity contribution in [1.29, 1.82) is 0 Å². The van der Waals surface area contributed by atoms with Crippen LogP contribution in [-0.2, 0) is 5.41 Å². The fourth-order valence-corrected chi connectivity index (χ4v) is 1.52. The van der Waals surface area contributed by atoms with Crippen LogP contribution in [0.5, 0.6) is 0 Å². The maximum Gasteiger partial charge on any atom is 0.165 e. The van der Waals surface area contributed by atoms with E-state index >= 15 is 0 Å². The van der Waals surface area contributed by atoms with E-state index in [1.54, 1.807) is 20.8 Å². The zero-order chi connectivity index (χ0) is 12.7. The lowest BCUT2D eigenvalue weighted by Crippen LogP contribution is -2.19. The van der Waals surface area contributed by atoms with Crippen LogP contribution in [-0.4, -0.2) is 5.78 Å².